The van der Waals surface area contributed by atoms with Crippen molar-refractivity contribution in [1.82, 2.24) is 10.2 Å². The summed E-state index contributed by atoms with van der Waals surface area (Å²) in [6, 6.07) is 7.00. The van der Waals surface area contributed by atoms with E-state index in [0.717, 1.165) is 37.8 Å². The number of carbonyl (C=O) groups is 1. The number of urea groups is 1. The van der Waals surface area contributed by atoms with Gasteiger partial charge in [-0.1, -0.05) is 31.4 Å². The molecule has 1 saturated carbocycles. The molecule has 29 heavy (non-hydrogen) atoms. The fourth-order valence-corrected chi connectivity index (χ4v) is 6.93. The highest BCUT2D eigenvalue weighted by Gasteiger charge is 2.37. The molecule has 0 radical (unpaired) electrons. The van der Waals surface area contributed by atoms with Crippen molar-refractivity contribution in [3.8, 4) is 0 Å². The number of rotatable bonds is 2. The maximum absolute atomic E-state index is 13.6. The lowest BCUT2D eigenvalue weighted by Gasteiger charge is -2.37. The Balaban J connectivity index is 1.49. The molecule has 1 atom stereocenters. The smallest absolute Gasteiger partial charge is 0.318 e. The molecule has 1 aliphatic heterocycles. The van der Waals surface area contributed by atoms with Crippen molar-refractivity contribution in [2.45, 2.75) is 76.3 Å². The quantitative estimate of drug-likeness (QED) is 0.669. The number of aryl methyl sites for hydroxylation is 1. The van der Waals surface area contributed by atoms with E-state index in [0.29, 0.717) is 6.04 Å². The zero-order chi connectivity index (χ0) is 19.8. The lowest BCUT2D eigenvalue weighted by atomic mass is 9.88. The number of carbonyl (C=O) groups excluding carboxylic acids is 1. The van der Waals surface area contributed by atoms with Crippen LogP contribution in [-0.2, 0) is 19.3 Å². The second-order valence-electron chi connectivity index (χ2n) is 8.74. The topological polar surface area (TPSA) is 32.3 Å². The van der Waals surface area contributed by atoms with Crippen molar-refractivity contribution in [3.63, 3.8) is 0 Å². The highest BCUT2D eigenvalue weighted by molar-refractivity contribution is 7.12. The van der Waals surface area contributed by atoms with Crippen LogP contribution in [0.4, 0.5) is 9.18 Å². The Morgan fingerprint density at radius 1 is 0.966 bits per heavy atom. The Labute approximate surface area is 176 Å². The molecule has 5 heteroatoms. The molecule has 154 valence electrons. The number of halogens is 1. The number of fused-ring (bicyclic) bond motifs is 3. The standard InChI is InChI=1S/C24H29FN2OS/c25-17-12-10-16(11-13-17)22-23-20(19-8-4-5-9-21(19)29-23)14-15-27(22)24(28)26-18-6-2-1-3-7-18/h10-13,18,22H,1-9,14-15H2,(H,26,28)/t22-/m1/s1. The monoisotopic (exact) mass is 412 g/mol. The minimum atomic E-state index is -0.228. The SMILES string of the molecule is O=C(NC1CCCCC1)N1CCc2c(sc3c2CCCC3)[C@H]1c1ccc(F)cc1. The number of nitrogens with zero attached hydrogens (tertiary/aromatic N) is 1. The molecule has 1 fully saturated rings. The molecule has 1 aromatic heterocycles. The summed E-state index contributed by atoms with van der Waals surface area (Å²) in [6.07, 6.45) is 11.7. The van der Waals surface area contributed by atoms with Crippen LogP contribution in [0.2, 0.25) is 0 Å². The lowest BCUT2D eigenvalue weighted by molar-refractivity contribution is 0.174. The predicted molar refractivity (Wildman–Crippen MR) is 115 cm³/mol. The molecule has 3 nitrogen and oxygen atoms in total. The first-order chi connectivity index (χ1) is 14.2. The molecular formula is C24H29FN2OS. The average Bonchev–Trinajstić information content (AvgIpc) is 3.13. The van der Waals surface area contributed by atoms with Crippen LogP contribution in [0.1, 0.15) is 77.4 Å². The summed E-state index contributed by atoms with van der Waals surface area (Å²) in [7, 11) is 0. The normalized spacial score (nSPS) is 22.1. The summed E-state index contributed by atoms with van der Waals surface area (Å²) in [5, 5.41) is 3.31. The first-order valence-electron chi connectivity index (χ1n) is 11.2. The number of benzene rings is 1. The Hall–Kier alpha value is -1.88. The molecule has 5 rings (SSSR count). The highest BCUT2D eigenvalue weighted by atomic mass is 32.1. The van der Waals surface area contributed by atoms with E-state index in [2.05, 4.69) is 5.32 Å². The first kappa shape index (κ1) is 19.1. The van der Waals surface area contributed by atoms with E-state index >= 15 is 0 Å². The molecule has 2 amide bonds. The Kier molecular flexibility index (Phi) is 5.33. The molecule has 1 aromatic carbocycles. The van der Waals surface area contributed by atoms with E-state index in [-0.39, 0.29) is 17.9 Å². The Morgan fingerprint density at radius 3 is 2.52 bits per heavy atom. The van der Waals surface area contributed by atoms with Crippen LogP contribution in [0.5, 0.6) is 0 Å². The summed E-state index contributed by atoms with van der Waals surface area (Å²) >= 11 is 1.90. The summed E-state index contributed by atoms with van der Waals surface area (Å²) in [5.41, 5.74) is 4.04. The zero-order valence-electron chi connectivity index (χ0n) is 16.9. The fraction of sp³-hybridized carbons (Fsp3) is 0.542. The maximum atomic E-state index is 13.6. The van der Waals surface area contributed by atoms with Gasteiger partial charge in [0.05, 0.1) is 6.04 Å². The van der Waals surface area contributed by atoms with Gasteiger partial charge < -0.3 is 10.2 Å². The predicted octanol–water partition coefficient (Wildman–Crippen LogP) is 5.76. The summed E-state index contributed by atoms with van der Waals surface area (Å²) in [4.78, 5) is 18.2. The van der Waals surface area contributed by atoms with Crippen LogP contribution in [0.3, 0.4) is 0 Å². The molecular weight excluding hydrogens is 383 g/mol. The zero-order valence-corrected chi connectivity index (χ0v) is 17.7. The number of hydrogen-bond donors (Lipinski definition) is 1. The summed E-state index contributed by atoms with van der Waals surface area (Å²) in [5.74, 6) is -0.228. The molecule has 0 spiro atoms. The van der Waals surface area contributed by atoms with Gasteiger partial charge in [-0.2, -0.15) is 0 Å². The number of hydrogen-bond acceptors (Lipinski definition) is 2. The number of nitrogens with one attached hydrogen (secondary N) is 1. The molecule has 2 heterocycles. The van der Waals surface area contributed by atoms with Crippen molar-refractivity contribution in [3.05, 3.63) is 56.5 Å². The molecule has 0 bridgehead atoms. The van der Waals surface area contributed by atoms with Crippen molar-refractivity contribution in [2.75, 3.05) is 6.54 Å². The molecule has 2 aromatic rings. The second-order valence-corrected chi connectivity index (χ2v) is 9.87. The van der Waals surface area contributed by atoms with Gasteiger partial charge in [-0.15, -0.1) is 11.3 Å². The van der Waals surface area contributed by atoms with E-state index < -0.39 is 0 Å². The number of thiophene rings is 1. The second kappa shape index (κ2) is 8.10. The van der Waals surface area contributed by atoms with E-state index in [1.165, 1.54) is 66.0 Å². The van der Waals surface area contributed by atoms with Crippen molar-refractivity contribution < 1.29 is 9.18 Å². The lowest BCUT2D eigenvalue weighted by Crippen LogP contribution is -2.49. The summed E-state index contributed by atoms with van der Waals surface area (Å²) < 4.78 is 13.6. The summed E-state index contributed by atoms with van der Waals surface area (Å²) in [6.45, 7) is 0.733. The van der Waals surface area contributed by atoms with Crippen molar-refractivity contribution >= 4 is 17.4 Å². The van der Waals surface area contributed by atoms with Crippen LogP contribution in [0.15, 0.2) is 24.3 Å². The van der Waals surface area contributed by atoms with Gasteiger partial charge in [0.15, 0.2) is 0 Å². The fourth-order valence-electron chi connectivity index (χ4n) is 5.35. The maximum Gasteiger partial charge on any atom is 0.318 e. The first-order valence-corrected chi connectivity index (χ1v) is 12.0. The van der Waals surface area contributed by atoms with Gasteiger partial charge >= 0.3 is 6.03 Å². The van der Waals surface area contributed by atoms with Crippen molar-refractivity contribution in [1.29, 1.82) is 0 Å². The largest absolute Gasteiger partial charge is 0.335 e. The number of amides is 2. The third-order valence-electron chi connectivity index (χ3n) is 6.85. The highest BCUT2D eigenvalue weighted by Crippen LogP contribution is 2.45. The molecule has 2 aliphatic carbocycles. The van der Waals surface area contributed by atoms with Gasteiger partial charge in [0.1, 0.15) is 5.82 Å². The van der Waals surface area contributed by atoms with E-state index in [9.17, 15) is 9.18 Å². The average molecular weight is 413 g/mol. The molecule has 1 N–H and O–H groups in total. The Bertz CT molecular complexity index is 885. The van der Waals surface area contributed by atoms with Gasteiger partial charge in [-0.05, 0) is 73.8 Å². The minimum Gasteiger partial charge on any atom is -0.335 e. The molecule has 0 saturated heterocycles. The van der Waals surface area contributed by atoms with Gasteiger partial charge in [0.2, 0.25) is 0 Å². The third-order valence-corrected chi connectivity index (χ3v) is 8.24. The van der Waals surface area contributed by atoms with Crippen LogP contribution < -0.4 is 5.32 Å². The van der Waals surface area contributed by atoms with Crippen molar-refractivity contribution in [2.24, 2.45) is 0 Å². The van der Waals surface area contributed by atoms with Crippen LogP contribution >= 0.6 is 11.3 Å². The van der Waals surface area contributed by atoms with E-state index in [4.69, 9.17) is 0 Å². The van der Waals surface area contributed by atoms with Gasteiger partial charge in [-0.3, -0.25) is 0 Å². The van der Waals surface area contributed by atoms with Gasteiger partial charge in [-0.25, -0.2) is 9.18 Å². The van der Waals surface area contributed by atoms with Crippen LogP contribution in [0, 0.1) is 5.82 Å². The molecule has 0 unspecified atom stereocenters. The van der Waals surface area contributed by atoms with Crippen LogP contribution in [0.25, 0.3) is 0 Å². The minimum absolute atomic E-state index is 0.0447. The Morgan fingerprint density at radius 2 is 1.72 bits per heavy atom. The molecule has 3 aliphatic rings. The third kappa shape index (κ3) is 3.70. The van der Waals surface area contributed by atoms with Gasteiger partial charge in [0, 0.05) is 22.3 Å². The van der Waals surface area contributed by atoms with Gasteiger partial charge in [0.25, 0.3) is 0 Å². The van der Waals surface area contributed by atoms with Crippen LogP contribution in [-0.4, -0.2) is 23.5 Å². The van der Waals surface area contributed by atoms with E-state index in [1.54, 1.807) is 5.56 Å². The van der Waals surface area contributed by atoms with E-state index in [1.807, 2.05) is 28.4 Å².